The maximum Gasteiger partial charge on any atom is 0.0389 e. The Bertz CT molecular complexity index is 194. The molecule has 1 nitrogen and oxygen atoms in total. The Balaban J connectivity index is 2.25. The maximum absolute atomic E-state index is 5.99. The minimum absolute atomic E-state index is 0.275. The standard InChI is InChI=1S/C10H17NS/c1-2-3-4-6-9(11)10-7-5-8-12-10/h5,7-9H,2-4,6,11H2,1H3. The summed E-state index contributed by atoms with van der Waals surface area (Å²) in [6.07, 6.45) is 4.97. The molecular weight excluding hydrogens is 166 g/mol. The van der Waals surface area contributed by atoms with Crippen molar-refractivity contribution in [2.75, 3.05) is 0 Å². The molecule has 68 valence electrons. The summed E-state index contributed by atoms with van der Waals surface area (Å²) < 4.78 is 0. The predicted octanol–water partition coefficient (Wildman–Crippen LogP) is 3.33. The Hall–Kier alpha value is -0.340. The van der Waals surface area contributed by atoms with Gasteiger partial charge < -0.3 is 5.73 Å². The van der Waals surface area contributed by atoms with Crippen molar-refractivity contribution in [2.45, 2.75) is 38.6 Å². The minimum Gasteiger partial charge on any atom is -0.323 e. The van der Waals surface area contributed by atoms with Gasteiger partial charge in [-0.3, -0.25) is 0 Å². The zero-order chi connectivity index (χ0) is 8.81. The van der Waals surface area contributed by atoms with Gasteiger partial charge in [-0.15, -0.1) is 11.3 Å². The van der Waals surface area contributed by atoms with Crippen LogP contribution in [0.3, 0.4) is 0 Å². The fraction of sp³-hybridized carbons (Fsp3) is 0.600. The average Bonchev–Trinajstić information content (AvgIpc) is 2.56. The number of thiophene rings is 1. The third-order valence-electron chi connectivity index (χ3n) is 2.03. The van der Waals surface area contributed by atoms with Gasteiger partial charge in [0.25, 0.3) is 0 Å². The molecule has 0 amide bonds. The zero-order valence-electron chi connectivity index (χ0n) is 7.62. The van der Waals surface area contributed by atoms with E-state index in [9.17, 15) is 0 Å². The second kappa shape index (κ2) is 5.33. The summed E-state index contributed by atoms with van der Waals surface area (Å²) in [7, 11) is 0. The number of rotatable bonds is 5. The van der Waals surface area contributed by atoms with Crippen molar-refractivity contribution < 1.29 is 0 Å². The molecule has 1 rings (SSSR count). The predicted molar refractivity (Wildman–Crippen MR) is 55.4 cm³/mol. The molecule has 0 bridgehead atoms. The van der Waals surface area contributed by atoms with Gasteiger partial charge in [-0.25, -0.2) is 0 Å². The first-order valence-electron chi connectivity index (χ1n) is 4.63. The molecule has 12 heavy (non-hydrogen) atoms. The summed E-state index contributed by atoms with van der Waals surface area (Å²) >= 11 is 1.76. The molecule has 2 heteroatoms. The van der Waals surface area contributed by atoms with Crippen molar-refractivity contribution in [3.63, 3.8) is 0 Å². The van der Waals surface area contributed by atoms with Crippen LogP contribution in [0.4, 0.5) is 0 Å². The van der Waals surface area contributed by atoms with E-state index in [-0.39, 0.29) is 6.04 Å². The number of hydrogen-bond donors (Lipinski definition) is 1. The molecule has 0 aromatic carbocycles. The van der Waals surface area contributed by atoms with Crippen LogP contribution in [-0.4, -0.2) is 0 Å². The van der Waals surface area contributed by atoms with Crippen molar-refractivity contribution >= 4 is 11.3 Å². The van der Waals surface area contributed by atoms with E-state index in [4.69, 9.17) is 5.73 Å². The Labute approximate surface area is 78.6 Å². The molecule has 0 saturated heterocycles. The highest BCUT2D eigenvalue weighted by atomic mass is 32.1. The number of hydrogen-bond acceptors (Lipinski definition) is 2. The summed E-state index contributed by atoms with van der Waals surface area (Å²) in [5, 5.41) is 2.09. The van der Waals surface area contributed by atoms with Crippen LogP contribution in [0, 0.1) is 0 Å². The first-order chi connectivity index (χ1) is 5.84. The molecule has 0 spiro atoms. The SMILES string of the molecule is CCCCCC(N)c1cccs1. The van der Waals surface area contributed by atoms with E-state index in [1.807, 2.05) is 0 Å². The molecule has 0 aliphatic heterocycles. The molecule has 0 aliphatic carbocycles. The molecular formula is C10H17NS. The molecule has 2 N–H and O–H groups in total. The lowest BCUT2D eigenvalue weighted by molar-refractivity contribution is 0.587. The van der Waals surface area contributed by atoms with E-state index in [0.29, 0.717) is 0 Å². The summed E-state index contributed by atoms with van der Waals surface area (Å²) in [5.74, 6) is 0. The number of unbranched alkanes of at least 4 members (excludes halogenated alkanes) is 2. The quantitative estimate of drug-likeness (QED) is 0.696. The Morgan fingerprint density at radius 2 is 2.33 bits per heavy atom. The second-order valence-electron chi connectivity index (χ2n) is 3.12. The second-order valence-corrected chi connectivity index (χ2v) is 4.10. The molecule has 1 atom stereocenters. The van der Waals surface area contributed by atoms with Crippen LogP contribution < -0.4 is 5.73 Å². The molecule has 0 saturated carbocycles. The molecule has 0 fully saturated rings. The third-order valence-corrected chi connectivity index (χ3v) is 3.03. The zero-order valence-corrected chi connectivity index (χ0v) is 8.44. The summed E-state index contributed by atoms with van der Waals surface area (Å²) in [5.41, 5.74) is 5.99. The van der Waals surface area contributed by atoms with Crippen molar-refractivity contribution in [3.8, 4) is 0 Å². The van der Waals surface area contributed by atoms with Gasteiger partial charge in [-0.2, -0.15) is 0 Å². The van der Waals surface area contributed by atoms with Gasteiger partial charge in [0.15, 0.2) is 0 Å². The molecule has 1 unspecified atom stereocenters. The van der Waals surface area contributed by atoms with Crippen molar-refractivity contribution in [3.05, 3.63) is 22.4 Å². The van der Waals surface area contributed by atoms with Crippen LogP contribution in [0.2, 0.25) is 0 Å². The molecule has 1 aromatic heterocycles. The first kappa shape index (κ1) is 9.75. The van der Waals surface area contributed by atoms with Crippen molar-refractivity contribution in [1.29, 1.82) is 0 Å². The van der Waals surface area contributed by atoms with E-state index in [0.717, 1.165) is 6.42 Å². The van der Waals surface area contributed by atoms with Gasteiger partial charge in [0.2, 0.25) is 0 Å². The van der Waals surface area contributed by atoms with Crippen molar-refractivity contribution in [1.82, 2.24) is 0 Å². The monoisotopic (exact) mass is 183 g/mol. The van der Waals surface area contributed by atoms with E-state index in [1.54, 1.807) is 11.3 Å². The minimum atomic E-state index is 0.275. The van der Waals surface area contributed by atoms with Gasteiger partial charge in [0.05, 0.1) is 0 Å². The van der Waals surface area contributed by atoms with Crippen LogP contribution in [0.15, 0.2) is 17.5 Å². The van der Waals surface area contributed by atoms with Crippen LogP contribution in [0.5, 0.6) is 0 Å². The lowest BCUT2D eigenvalue weighted by Crippen LogP contribution is -2.07. The highest BCUT2D eigenvalue weighted by Gasteiger charge is 2.05. The van der Waals surface area contributed by atoms with E-state index in [1.165, 1.54) is 24.1 Å². The largest absolute Gasteiger partial charge is 0.323 e. The van der Waals surface area contributed by atoms with Gasteiger partial charge in [0.1, 0.15) is 0 Å². The van der Waals surface area contributed by atoms with E-state index < -0.39 is 0 Å². The van der Waals surface area contributed by atoms with E-state index >= 15 is 0 Å². The summed E-state index contributed by atoms with van der Waals surface area (Å²) in [6.45, 7) is 2.22. The summed E-state index contributed by atoms with van der Waals surface area (Å²) in [6, 6.07) is 4.47. The van der Waals surface area contributed by atoms with Crippen LogP contribution in [0.25, 0.3) is 0 Å². The Morgan fingerprint density at radius 3 is 2.92 bits per heavy atom. The smallest absolute Gasteiger partial charge is 0.0389 e. The molecule has 1 heterocycles. The van der Waals surface area contributed by atoms with E-state index in [2.05, 4.69) is 24.4 Å². The Morgan fingerprint density at radius 1 is 1.50 bits per heavy atom. The normalized spacial score (nSPS) is 13.2. The highest BCUT2D eigenvalue weighted by Crippen LogP contribution is 2.21. The molecule has 0 aliphatic rings. The number of nitrogens with two attached hydrogens (primary N) is 1. The average molecular weight is 183 g/mol. The highest BCUT2D eigenvalue weighted by molar-refractivity contribution is 7.10. The van der Waals surface area contributed by atoms with Gasteiger partial charge in [0, 0.05) is 10.9 Å². The molecule has 0 radical (unpaired) electrons. The van der Waals surface area contributed by atoms with Gasteiger partial charge in [-0.05, 0) is 17.9 Å². The van der Waals surface area contributed by atoms with Gasteiger partial charge in [-0.1, -0.05) is 32.3 Å². The fourth-order valence-corrected chi connectivity index (χ4v) is 2.02. The fourth-order valence-electron chi connectivity index (χ4n) is 1.26. The van der Waals surface area contributed by atoms with Gasteiger partial charge >= 0.3 is 0 Å². The maximum atomic E-state index is 5.99. The topological polar surface area (TPSA) is 26.0 Å². The lowest BCUT2D eigenvalue weighted by Gasteiger charge is -2.07. The third kappa shape index (κ3) is 2.95. The molecule has 1 aromatic rings. The van der Waals surface area contributed by atoms with Crippen LogP contribution in [-0.2, 0) is 0 Å². The Kier molecular flexibility index (Phi) is 4.33. The lowest BCUT2D eigenvalue weighted by atomic mass is 10.1. The van der Waals surface area contributed by atoms with Crippen LogP contribution >= 0.6 is 11.3 Å². The van der Waals surface area contributed by atoms with Crippen LogP contribution in [0.1, 0.15) is 43.5 Å². The summed E-state index contributed by atoms with van der Waals surface area (Å²) in [4.78, 5) is 1.33. The van der Waals surface area contributed by atoms with Crippen molar-refractivity contribution in [2.24, 2.45) is 5.73 Å². The first-order valence-corrected chi connectivity index (χ1v) is 5.51.